The molecule has 3 rings (SSSR count). The van der Waals surface area contributed by atoms with Crippen LogP contribution in [-0.2, 0) is 11.2 Å². The number of nitro benzene ring substituents is 1. The number of anilines is 1. The van der Waals surface area contributed by atoms with Gasteiger partial charge < -0.3 is 9.80 Å². The van der Waals surface area contributed by atoms with E-state index in [0.29, 0.717) is 13.1 Å². The van der Waals surface area contributed by atoms with E-state index in [-0.39, 0.29) is 17.5 Å². The summed E-state index contributed by atoms with van der Waals surface area (Å²) in [6.45, 7) is 4.81. The third-order valence-electron chi connectivity index (χ3n) is 4.82. The molecule has 0 aromatic heterocycles. The van der Waals surface area contributed by atoms with Crippen LogP contribution in [-0.4, -0.2) is 41.9 Å². The topological polar surface area (TPSA) is 66.7 Å². The van der Waals surface area contributed by atoms with Crippen molar-refractivity contribution in [3.8, 4) is 0 Å². The smallest absolute Gasteiger partial charge is 0.269 e. The molecule has 136 valence electrons. The Morgan fingerprint density at radius 1 is 1.04 bits per heavy atom. The summed E-state index contributed by atoms with van der Waals surface area (Å²) < 4.78 is 0. The molecule has 1 fully saturated rings. The van der Waals surface area contributed by atoms with Crippen molar-refractivity contribution < 1.29 is 9.72 Å². The van der Waals surface area contributed by atoms with E-state index < -0.39 is 4.92 Å². The molecule has 2 aromatic carbocycles. The van der Waals surface area contributed by atoms with E-state index in [1.165, 1.54) is 17.7 Å². The predicted molar refractivity (Wildman–Crippen MR) is 101 cm³/mol. The molecule has 1 atom stereocenters. The quantitative estimate of drug-likeness (QED) is 0.612. The summed E-state index contributed by atoms with van der Waals surface area (Å²) >= 11 is 0. The van der Waals surface area contributed by atoms with Crippen LogP contribution in [0.15, 0.2) is 54.6 Å². The lowest BCUT2D eigenvalue weighted by atomic mass is 9.99. The lowest BCUT2D eigenvalue weighted by Gasteiger charge is -2.37. The van der Waals surface area contributed by atoms with Crippen molar-refractivity contribution in [2.45, 2.75) is 13.3 Å². The van der Waals surface area contributed by atoms with Crippen LogP contribution in [0, 0.1) is 16.0 Å². The largest absolute Gasteiger partial charge is 0.368 e. The van der Waals surface area contributed by atoms with Crippen LogP contribution < -0.4 is 4.90 Å². The minimum Gasteiger partial charge on any atom is -0.368 e. The first-order chi connectivity index (χ1) is 12.5. The fraction of sp³-hybridized carbons (Fsp3) is 0.350. The fourth-order valence-corrected chi connectivity index (χ4v) is 3.34. The lowest BCUT2D eigenvalue weighted by Crippen LogP contribution is -2.50. The highest BCUT2D eigenvalue weighted by Gasteiger charge is 2.25. The van der Waals surface area contributed by atoms with Gasteiger partial charge in [0.2, 0.25) is 5.91 Å². The zero-order chi connectivity index (χ0) is 18.5. The molecule has 6 nitrogen and oxygen atoms in total. The molecule has 0 aliphatic carbocycles. The first-order valence-electron chi connectivity index (χ1n) is 8.86. The van der Waals surface area contributed by atoms with Crippen molar-refractivity contribution in [1.82, 2.24) is 4.90 Å². The molecule has 6 heteroatoms. The first-order valence-corrected chi connectivity index (χ1v) is 8.86. The third-order valence-corrected chi connectivity index (χ3v) is 4.82. The molecule has 0 N–H and O–H groups in total. The second-order valence-corrected chi connectivity index (χ2v) is 6.68. The van der Waals surface area contributed by atoms with Crippen LogP contribution in [0.4, 0.5) is 11.4 Å². The van der Waals surface area contributed by atoms with E-state index in [9.17, 15) is 14.9 Å². The SMILES string of the molecule is CC(Cc1ccccc1)C(=O)N1CCN(c2ccc([N+](=O)[O-])cc2)CC1. The molecular formula is C20H23N3O3. The van der Waals surface area contributed by atoms with Gasteiger partial charge in [0.25, 0.3) is 5.69 Å². The van der Waals surface area contributed by atoms with Gasteiger partial charge >= 0.3 is 0 Å². The van der Waals surface area contributed by atoms with Crippen LogP contribution >= 0.6 is 0 Å². The summed E-state index contributed by atoms with van der Waals surface area (Å²) in [5, 5.41) is 10.7. The highest BCUT2D eigenvalue weighted by Crippen LogP contribution is 2.21. The molecule has 0 saturated carbocycles. The van der Waals surface area contributed by atoms with Gasteiger partial charge in [-0.3, -0.25) is 14.9 Å². The van der Waals surface area contributed by atoms with Gasteiger partial charge in [0.1, 0.15) is 0 Å². The number of amides is 1. The number of nitro groups is 1. The van der Waals surface area contributed by atoms with E-state index in [0.717, 1.165) is 25.2 Å². The Morgan fingerprint density at radius 2 is 1.65 bits per heavy atom. The molecule has 1 amide bonds. The number of piperazine rings is 1. The zero-order valence-electron chi connectivity index (χ0n) is 14.9. The van der Waals surface area contributed by atoms with Crippen LogP contribution in [0.2, 0.25) is 0 Å². The number of benzene rings is 2. The van der Waals surface area contributed by atoms with Gasteiger partial charge in [-0.2, -0.15) is 0 Å². The van der Waals surface area contributed by atoms with Gasteiger partial charge in [-0.1, -0.05) is 37.3 Å². The number of carbonyl (C=O) groups excluding carboxylic acids is 1. The second kappa shape index (κ2) is 7.99. The van der Waals surface area contributed by atoms with Crippen LogP contribution in [0.5, 0.6) is 0 Å². The van der Waals surface area contributed by atoms with Gasteiger partial charge in [0.15, 0.2) is 0 Å². The Labute approximate surface area is 153 Å². The van der Waals surface area contributed by atoms with Gasteiger partial charge in [0, 0.05) is 49.9 Å². The Kier molecular flexibility index (Phi) is 5.51. The molecule has 0 radical (unpaired) electrons. The standard InChI is InChI=1S/C20H23N3O3/c1-16(15-17-5-3-2-4-6-17)20(24)22-13-11-21(12-14-22)18-7-9-19(10-8-18)23(25)26/h2-10,16H,11-15H2,1H3. The third kappa shape index (κ3) is 4.20. The number of nitrogens with zero attached hydrogens (tertiary/aromatic N) is 3. The Bertz CT molecular complexity index is 754. The number of non-ortho nitro benzene ring substituents is 1. The van der Waals surface area contributed by atoms with Crippen molar-refractivity contribution in [2.24, 2.45) is 5.92 Å². The Balaban J connectivity index is 1.54. The van der Waals surface area contributed by atoms with Crippen molar-refractivity contribution in [3.63, 3.8) is 0 Å². The Morgan fingerprint density at radius 3 is 2.23 bits per heavy atom. The number of hydrogen-bond acceptors (Lipinski definition) is 4. The summed E-state index contributed by atoms with van der Waals surface area (Å²) in [4.78, 5) is 27.1. The minimum atomic E-state index is -0.394. The maximum absolute atomic E-state index is 12.7. The predicted octanol–water partition coefficient (Wildman–Crippen LogP) is 3.12. The zero-order valence-corrected chi connectivity index (χ0v) is 14.9. The van der Waals surface area contributed by atoms with E-state index in [1.54, 1.807) is 12.1 Å². The van der Waals surface area contributed by atoms with E-state index >= 15 is 0 Å². The summed E-state index contributed by atoms with van der Waals surface area (Å²) in [6, 6.07) is 16.7. The second-order valence-electron chi connectivity index (χ2n) is 6.68. The molecule has 0 spiro atoms. The van der Waals surface area contributed by atoms with Gasteiger partial charge in [-0.15, -0.1) is 0 Å². The molecule has 0 bridgehead atoms. The fourth-order valence-electron chi connectivity index (χ4n) is 3.34. The van der Waals surface area contributed by atoms with Crippen molar-refractivity contribution in [3.05, 3.63) is 70.3 Å². The molecular weight excluding hydrogens is 330 g/mol. The molecule has 1 saturated heterocycles. The average Bonchev–Trinajstić information content (AvgIpc) is 2.68. The van der Waals surface area contributed by atoms with Crippen LogP contribution in [0.1, 0.15) is 12.5 Å². The molecule has 26 heavy (non-hydrogen) atoms. The van der Waals surface area contributed by atoms with Gasteiger partial charge in [-0.05, 0) is 24.1 Å². The number of carbonyl (C=O) groups is 1. The van der Waals surface area contributed by atoms with Gasteiger partial charge in [0.05, 0.1) is 4.92 Å². The monoisotopic (exact) mass is 353 g/mol. The maximum atomic E-state index is 12.7. The molecule has 1 unspecified atom stereocenters. The minimum absolute atomic E-state index is 0.0386. The Hall–Kier alpha value is -2.89. The molecule has 1 aliphatic heterocycles. The molecule has 2 aromatic rings. The van der Waals surface area contributed by atoms with Crippen molar-refractivity contribution in [1.29, 1.82) is 0 Å². The number of rotatable bonds is 5. The lowest BCUT2D eigenvalue weighted by molar-refractivity contribution is -0.384. The highest BCUT2D eigenvalue weighted by molar-refractivity contribution is 5.79. The van der Waals surface area contributed by atoms with E-state index in [1.807, 2.05) is 30.0 Å². The van der Waals surface area contributed by atoms with Gasteiger partial charge in [-0.25, -0.2) is 0 Å². The summed E-state index contributed by atoms with van der Waals surface area (Å²) in [6.07, 6.45) is 0.752. The van der Waals surface area contributed by atoms with E-state index in [2.05, 4.69) is 17.0 Å². The summed E-state index contributed by atoms with van der Waals surface area (Å²) in [7, 11) is 0. The average molecular weight is 353 g/mol. The molecule has 1 aliphatic rings. The van der Waals surface area contributed by atoms with E-state index in [4.69, 9.17) is 0 Å². The first kappa shape index (κ1) is 17.9. The summed E-state index contributed by atoms with van der Waals surface area (Å²) in [5.74, 6) is 0.153. The highest BCUT2D eigenvalue weighted by atomic mass is 16.6. The maximum Gasteiger partial charge on any atom is 0.269 e. The normalized spacial score (nSPS) is 15.6. The van der Waals surface area contributed by atoms with Crippen molar-refractivity contribution >= 4 is 17.3 Å². The van der Waals surface area contributed by atoms with Crippen LogP contribution in [0.25, 0.3) is 0 Å². The number of hydrogen-bond donors (Lipinski definition) is 0. The van der Waals surface area contributed by atoms with Crippen molar-refractivity contribution in [2.75, 3.05) is 31.1 Å². The molecule has 1 heterocycles. The van der Waals surface area contributed by atoms with Crippen LogP contribution in [0.3, 0.4) is 0 Å². The summed E-state index contributed by atoms with van der Waals surface area (Å²) in [5.41, 5.74) is 2.23.